The summed E-state index contributed by atoms with van der Waals surface area (Å²) >= 11 is 0. The zero-order chi connectivity index (χ0) is 14.4. The third-order valence-corrected chi connectivity index (χ3v) is 2.49. The molecule has 0 saturated carbocycles. The van der Waals surface area contributed by atoms with Crippen LogP contribution in [0.4, 0.5) is 5.82 Å². The number of esters is 1. The van der Waals surface area contributed by atoms with Crippen LogP contribution in [-0.2, 0) is 11.2 Å². The minimum atomic E-state index is -0.368. The quantitative estimate of drug-likeness (QED) is 0.801. The van der Waals surface area contributed by atoms with Gasteiger partial charge in [-0.25, -0.2) is 9.78 Å². The summed E-state index contributed by atoms with van der Waals surface area (Å²) in [4.78, 5) is 19.7. The highest BCUT2D eigenvalue weighted by molar-refractivity contribution is 5.89. The molecule has 0 saturated heterocycles. The summed E-state index contributed by atoms with van der Waals surface area (Å²) in [5, 5.41) is 6.82. The van der Waals surface area contributed by atoms with Crippen LogP contribution in [-0.4, -0.2) is 34.2 Å². The molecular weight excluding hydrogens is 260 g/mol. The van der Waals surface area contributed by atoms with Crippen molar-refractivity contribution in [2.45, 2.75) is 20.3 Å². The van der Waals surface area contributed by atoms with Gasteiger partial charge in [0.25, 0.3) is 0 Å². The monoisotopic (exact) mass is 276 g/mol. The number of nitrogens with zero attached hydrogens (tertiary/aromatic N) is 3. The summed E-state index contributed by atoms with van der Waals surface area (Å²) in [7, 11) is 0. The average molecular weight is 276 g/mol. The number of carbonyl (C=O) groups is 1. The van der Waals surface area contributed by atoms with E-state index in [0.29, 0.717) is 42.7 Å². The fourth-order valence-corrected chi connectivity index (χ4v) is 1.57. The van der Waals surface area contributed by atoms with Gasteiger partial charge in [-0.3, -0.25) is 0 Å². The van der Waals surface area contributed by atoms with Crippen LogP contribution in [0.25, 0.3) is 0 Å². The first-order valence-corrected chi connectivity index (χ1v) is 6.35. The topological polar surface area (TPSA) is 90.1 Å². The Morgan fingerprint density at radius 1 is 1.45 bits per heavy atom. The van der Waals surface area contributed by atoms with Crippen molar-refractivity contribution in [2.75, 3.05) is 18.5 Å². The second-order valence-corrected chi connectivity index (χ2v) is 4.06. The van der Waals surface area contributed by atoms with Crippen molar-refractivity contribution in [3.63, 3.8) is 0 Å². The summed E-state index contributed by atoms with van der Waals surface area (Å²) in [5.41, 5.74) is 0.435. The van der Waals surface area contributed by atoms with E-state index in [4.69, 9.17) is 9.26 Å². The van der Waals surface area contributed by atoms with E-state index in [1.165, 1.54) is 6.20 Å². The van der Waals surface area contributed by atoms with Gasteiger partial charge in [0.1, 0.15) is 5.82 Å². The molecule has 0 aromatic carbocycles. The van der Waals surface area contributed by atoms with Crippen molar-refractivity contribution in [3.05, 3.63) is 35.6 Å². The number of aromatic nitrogens is 3. The zero-order valence-corrected chi connectivity index (χ0v) is 11.4. The van der Waals surface area contributed by atoms with Crippen molar-refractivity contribution >= 4 is 11.8 Å². The lowest BCUT2D eigenvalue weighted by Gasteiger charge is -2.05. The maximum Gasteiger partial charge on any atom is 0.339 e. The first-order chi connectivity index (χ1) is 9.69. The Kier molecular flexibility index (Phi) is 4.65. The van der Waals surface area contributed by atoms with E-state index < -0.39 is 0 Å². The lowest BCUT2D eigenvalue weighted by Crippen LogP contribution is -2.08. The van der Waals surface area contributed by atoms with Crippen LogP contribution < -0.4 is 5.32 Å². The Labute approximate surface area is 116 Å². The Morgan fingerprint density at radius 3 is 2.90 bits per heavy atom. The lowest BCUT2D eigenvalue weighted by molar-refractivity contribution is 0.0526. The molecular formula is C13H16N4O3. The van der Waals surface area contributed by atoms with E-state index >= 15 is 0 Å². The molecule has 2 aromatic heterocycles. The molecule has 0 spiro atoms. The smallest absolute Gasteiger partial charge is 0.339 e. The molecule has 0 fully saturated rings. The molecule has 2 aromatic rings. The van der Waals surface area contributed by atoms with Crippen molar-refractivity contribution < 1.29 is 14.1 Å². The average Bonchev–Trinajstić information content (AvgIpc) is 2.85. The van der Waals surface area contributed by atoms with E-state index in [1.807, 2.05) is 0 Å². The largest absolute Gasteiger partial charge is 0.462 e. The number of rotatable bonds is 6. The molecule has 0 amide bonds. The van der Waals surface area contributed by atoms with Gasteiger partial charge in [0.2, 0.25) is 5.89 Å². The van der Waals surface area contributed by atoms with Gasteiger partial charge in [-0.15, -0.1) is 0 Å². The van der Waals surface area contributed by atoms with Gasteiger partial charge in [-0.2, -0.15) is 4.98 Å². The van der Waals surface area contributed by atoms with E-state index in [1.54, 1.807) is 26.0 Å². The van der Waals surface area contributed by atoms with Crippen molar-refractivity contribution in [1.82, 2.24) is 15.1 Å². The number of ether oxygens (including phenoxy) is 1. The number of hydrogen-bond donors (Lipinski definition) is 1. The first-order valence-electron chi connectivity index (χ1n) is 6.35. The van der Waals surface area contributed by atoms with Crippen LogP contribution in [0, 0.1) is 6.92 Å². The van der Waals surface area contributed by atoms with Crippen molar-refractivity contribution in [3.8, 4) is 0 Å². The van der Waals surface area contributed by atoms with Gasteiger partial charge in [0, 0.05) is 19.2 Å². The van der Waals surface area contributed by atoms with Crippen LogP contribution in [0.3, 0.4) is 0 Å². The highest BCUT2D eigenvalue weighted by Crippen LogP contribution is 2.07. The van der Waals surface area contributed by atoms with Gasteiger partial charge in [-0.1, -0.05) is 5.16 Å². The molecule has 0 atom stereocenters. The Morgan fingerprint density at radius 2 is 2.30 bits per heavy atom. The molecule has 2 heterocycles. The number of hydrogen-bond acceptors (Lipinski definition) is 7. The van der Waals surface area contributed by atoms with Gasteiger partial charge < -0.3 is 14.6 Å². The van der Waals surface area contributed by atoms with Gasteiger partial charge in [-0.05, 0) is 26.0 Å². The summed E-state index contributed by atoms with van der Waals surface area (Å²) in [6.07, 6.45) is 2.10. The minimum Gasteiger partial charge on any atom is -0.462 e. The van der Waals surface area contributed by atoms with Crippen LogP contribution in [0.1, 0.15) is 29.0 Å². The highest BCUT2D eigenvalue weighted by atomic mass is 16.5. The van der Waals surface area contributed by atoms with Gasteiger partial charge in [0.05, 0.1) is 12.2 Å². The molecule has 7 heteroatoms. The highest BCUT2D eigenvalue weighted by Gasteiger charge is 2.07. The summed E-state index contributed by atoms with van der Waals surface area (Å²) in [6, 6.07) is 3.40. The molecule has 106 valence electrons. The zero-order valence-electron chi connectivity index (χ0n) is 11.4. The molecule has 0 unspecified atom stereocenters. The molecule has 1 N–H and O–H groups in total. The second-order valence-electron chi connectivity index (χ2n) is 4.06. The van der Waals surface area contributed by atoms with Crippen molar-refractivity contribution in [2.24, 2.45) is 0 Å². The van der Waals surface area contributed by atoms with Crippen LogP contribution in [0.2, 0.25) is 0 Å². The number of carbonyl (C=O) groups excluding carboxylic acids is 1. The first kappa shape index (κ1) is 14.0. The number of nitrogens with one attached hydrogen (secondary N) is 1. The standard InChI is InChI=1S/C13H16N4O3/c1-3-19-13(18)10-4-5-11(15-8-10)14-7-6-12-16-9(2)17-20-12/h4-5,8H,3,6-7H2,1-2H3,(H,14,15). The number of anilines is 1. The van der Waals surface area contributed by atoms with Crippen molar-refractivity contribution in [1.29, 1.82) is 0 Å². The SMILES string of the molecule is CCOC(=O)c1ccc(NCCc2nc(C)no2)nc1. The Hall–Kier alpha value is -2.44. The lowest BCUT2D eigenvalue weighted by atomic mass is 10.3. The molecule has 7 nitrogen and oxygen atoms in total. The third kappa shape index (κ3) is 3.78. The van der Waals surface area contributed by atoms with Crippen LogP contribution in [0.5, 0.6) is 0 Å². The van der Waals surface area contributed by atoms with Gasteiger partial charge in [0.15, 0.2) is 5.82 Å². The van der Waals surface area contributed by atoms with Crippen LogP contribution >= 0.6 is 0 Å². The molecule has 0 aliphatic carbocycles. The van der Waals surface area contributed by atoms with E-state index in [0.717, 1.165) is 0 Å². The van der Waals surface area contributed by atoms with Crippen LogP contribution in [0.15, 0.2) is 22.9 Å². The molecule has 0 aliphatic heterocycles. The minimum absolute atomic E-state index is 0.350. The summed E-state index contributed by atoms with van der Waals surface area (Å²) < 4.78 is 9.88. The molecule has 0 radical (unpaired) electrons. The predicted octanol–water partition coefficient (Wildman–Crippen LogP) is 1.60. The Bertz CT molecular complexity index is 565. The summed E-state index contributed by atoms with van der Waals surface area (Å²) in [5.74, 6) is 1.51. The Balaban J connectivity index is 1.83. The maximum absolute atomic E-state index is 11.4. The predicted molar refractivity (Wildman–Crippen MR) is 71.4 cm³/mol. The maximum atomic E-state index is 11.4. The molecule has 0 bridgehead atoms. The second kappa shape index (κ2) is 6.65. The van der Waals surface area contributed by atoms with E-state index in [2.05, 4.69) is 20.4 Å². The summed E-state index contributed by atoms with van der Waals surface area (Å²) in [6.45, 7) is 4.51. The van der Waals surface area contributed by atoms with Gasteiger partial charge >= 0.3 is 5.97 Å². The third-order valence-electron chi connectivity index (χ3n) is 2.49. The number of pyridine rings is 1. The number of aryl methyl sites for hydroxylation is 1. The molecule has 2 rings (SSSR count). The normalized spacial score (nSPS) is 10.3. The van der Waals surface area contributed by atoms with E-state index in [9.17, 15) is 4.79 Å². The molecule has 20 heavy (non-hydrogen) atoms. The fraction of sp³-hybridized carbons (Fsp3) is 0.385. The molecule has 0 aliphatic rings. The van der Waals surface area contributed by atoms with E-state index in [-0.39, 0.29) is 5.97 Å². The fourth-order valence-electron chi connectivity index (χ4n) is 1.57.